The molecule has 0 spiro atoms. The van der Waals surface area contributed by atoms with Crippen molar-refractivity contribution in [3.8, 4) is 0 Å². The number of pyridine rings is 1. The van der Waals surface area contributed by atoms with Crippen LogP contribution >= 0.6 is 11.6 Å². The first-order valence-electron chi connectivity index (χ1n) is 5.48. The Balaban J connectivity index is 2.47. The molecule has 5 nitrogen and oxygen atoms in total. The number of rotatable bonds is 3. The molecule has 19 heavy (non-hydrogen) atoms. The highest BCUT2D eigenvalue weighted by Crippen LogP contribution is 2.31. The van der Waals surface area contributed by atoms with Crippen molar-refractivity contribution >= 4 is 34.6 Å². The molecule has 0 bridgehead atoms. The quantitative estimate of drug-likeness (QED) is 0.750. The summed E-state index contributed by atoms with van der Waals surface area (Å²) in [5, 5.41) is 12.4. The van der Waals surface area contributed by atoms with Gasteiger partial charge in [0.05, 0.1) is 28.2 Å². The number of anilines is 3. The van der Waals surface area contributed by atoms with Crippen molar-refractivity contribution in [3.63, 3.8) is 0 Å². The van der Waals surface area contributed by atoms with Crippen LogP contribution in [0.25, 0.3) is 0 Å². The van der Waals surface area contributed by atoms with Gasteiger partial charge in [0, 0.05) is 11.9 Å². The molecule has 0 aliphatic carbocycles. The molecule has 0 saturated heterocycles. The van der Waals surface area contributed by atoms with Gasteiger partial charge >= 0.3 is 5.97 Å². The standard InChI is InChI=1S/C13H12ClN3O2/c1-7-2-9(6-16-5-7)17-12-10(13(18)19)3-8(15)4-11(12)14/h2-6,17H,15H2,1H3,(H,18,19). The number of carboxylic acid groups (broad SMARTS) is 1. The summed E-state index contributed by atoms with van der Waals surface area (Å²) in [6.45, 7) is 1.89. The fraction of sp³-hybridized carbons (Fsp3) is 0.0769. The van der Waals surface area contributed by atoms with Gasteiger partial charge in [-0.3, -0.25) is 4.98 Å². The molecule has 98 valence electrons. The lowest BCUT2D eigenvalue weighted by Crippen LogP contribution is -2.05. The molecule has 0 aliphatic rings. The topological polar surface area (TPSA) is 88.2 Å². The Labute approximate surface area is 115 Å². The number of carbonyl (C=O) groups is 1. The number of aryl methyl sites for hydroxylation is 1. The van der Waals surface area contributed by atoms with Crippen LogP contribution in [-0.2, 0) is 0 Å². The molecule has 0 radical (unpaired) electrons. The summed E-state index contributed by atoms with van der Waals surface area (Å²) >= 11 is 6.04. The van der Waals surface area contributed by atoms with E-state index >= 15 is 0 Å². The molecule has 2 rings (SSSR count). The highest BCUT2D eigenvalue weighted by atomic mass is 35.5. The van der Waals surface area contributed by atoms with Crippen molar-refractivity contribution in [2.45, 2.75) is 6.92 Å². The minimum Gasteiger partial charge on any atom is -0.478 e. The van der Waals surface area contributed by atoms with Crippen LogP contribution < -0.4 is 11.1 Å². The highest BCUT2D eigenvalue weighted by Gasteiger charge is 2.15. The van der Waals surface area contributed by atoms with E-state index in [2.05, 4.69) is 10.3 Å². The maximum atomic E-state index is 11.2. The summed E-state index contributed by atoms with van der Waals surface area (Å²) in [5.74, 6) is -1.10. The van der Waals surface area contributed by atoms with E-state index in [1.54, 1.807) is 12.4 Å². The van der Waals surface area contributed by atoms with Gasteiger partial charge in [0.2, 0.25) is 0 Å². The van der Waals surface area contributed by atoms with Gasteiger partial charge < -0.3 is 16.2 Å². The maximum absolute atomic E-state index is 11.2. The van der Waals surface area contributed by atoms with Gasteiger partial charge in [-0.15, -0.1) is 0 Å². The molecule has 0 fully saturated rings. The molecular weight excluding hydrogens is 266 g/mol. The Morgan fingerprint density at radius 1 is 1.37 bits per heavy atom. The Morgan fingerprint density at radius 3 is 2.74 bits per heavy atom. The average molecular weight is 278 g/mol. The number of aromatic nitrogens is 1. The molecule has 0 amide bonds. The Morgan fingerprint density at radius 2 is 2.11 bits per heavy atom. The van der Waals surface area contributed by atoms with Gasteiger partial charge in [-0.25, -0.2) is 4.79 Å². The van der Waals surface area contributed by atoms with E-state index in [1.165, 1.54) is 12.1 Å². The van der Waals surface area contributed by atoms with Crippen molar-refractivity contribution < 1.29 is 9.90 Å². The number of carboxylic acids is 1. The highest BCUT2D eigenvalue weighted by molar-refractivity contribution is 6.34. The fourth-order valence-corrected chi connectivity index (χ4v) is 1.97. The van der Waals surface area contributed by atoms with Crippen molar-refractivity contribution in [1.29, 1.82) is 0 Å². The third kappa shape index (κ3) is 2.95. The van der Waals surface area contributed by atoms with E-state index in [9.17, 15) is 9.90 Å². The second-order valence-corrected chi connectivity index (χ2v) is 4.51. The number of nitrogens with one attached hydrogen (secondary N) is 1. The normalized spacial score (nSPS) is 10.2. The molecular formula is C13H12ClN3O2. The molecule has 1 aromatic heterocycles. The lowest BCUT2D eigenvalue weighted by atomic mass is 10.1. The first-order chi connectivity index (χ1) is 8.97. The minimum absolute atomic E-state index is 0.0199. The number of nitrogens with zero attached hydrogens (tertiary/aromatic N) is 1. The SMILES string of the molecule is Cc1cncc(Nc2c(Cl)cc(N)cc2C(=O)O)c1. The van der Waals surface area contributed by atoms with E-state index in [-0.39, 0.29) is 10.6 Å². The molecule has 1 aromatic carbocycles. The summed E-state index contributed by atoms with van der Waals surface area (Å²) in [7, 11) is 0. The minimum atomic E-state index is -1.10. The second kappa shape index (κ2) is 5.16. The van der Waals surface area contributed by atoms with E-state index in [4.69, 9.17) is 17.3 Å². The summed E-state index contributed by atoms with van der Waals surface area (Å²) in [6, 6.07) is 4.70. The number of nitrogen functional groups attached to an aromatic ring is 1. The lowest BCUT2D eigenvalue weighted by Gasteiger charge is -2.12. The van der Waals surface area contributed by atoms with Gasteiger partial charge in [-0.2, -0.15) is 0 Å². The molecule has 2 aromatic rings. The van der Waals surface area contributed by atoms with E-state index in [1.807, 2.05) is 13.0 Å². The number of hydrogen-bond acceptors (Lipinski definition) is 4. The number of benzene rings is 1. The van der Waals surface area contributed by atoms with Crippen LogP contribution in [0.15, 0.2) is 30.6 Å². The zero-order valence-electron chi connectivity index (χ0n) is 10.1. The van der Waals surface area contributed by atoms with Gasteiger partial charge in [-0.1, -0.05) is 11.6 Å². The number of nitrogens with two attached hydrogens (primary N) is 1. The average Bonchev–Trinajstić information content (AvgIpc) is 2.32. The number of aromatic carboxylic acids is 1. The third-order valence-corrected chi connectivity index (χ3v) is 2.79. The van der Waals surface area contributed by atoms with Crippen LogP contribution in [0, 0.1) is 6.92 Å². The van der Waals surface area contributed by atoms with Crippen LogP contribution in [0.4, 0.5) is 17.1 Å². The van der Waals surface area contributed by atoms with Crippen LogP contribution in [0.3, 0.4) is 0 Å². The molecule has 1 heterocycles. The van der Waals surface area contributed by atoms with Crippen molar-refractivity contribution in [2.75, 3.05) is 11.1 Å². The molecule has 0 unspecified atom stereocenters. The largest absolute Gasteiger partial charge is 0.478 e. The van der Waals surface area contributed by atoms with E-state index in [0.29, 0.717) is 17.1 Å². The van der Waals surface area contributed by atoms with Crippen LogP contribution in [0.2, 0.25) is 5.02 Å². The summed E-state index contributed by atoms with van der Waals surface area (Å²) in [6.07, 6.45) is 3.29. The lowest BCUT2D eigenvalue weighted by molar-refractivity contribution is 0.0698. The Kier molecular flexibility index (Phi) is 3.57. The smallest absolute Gasteiger partial charge is 0.337 e. The zero-order chi connectivity index (χ0) is 14.0. The molecule has 0 saturated carbocycles. The predicted octanol–water partition coefficient (Wildman–Crippen LogP) is 3.07. The van der Waals surface area contributed by atoms with Crippen molar-refractivity contribution in [2.24, 2.45) is 0 Å². The Hall–Kier alpha value is -2.27. The van der Waals surface area contributed by atoms with Gasteiger partial charge in [-0.05, 0) is 30.7 Å². The molecule has 4 N–H and O–H groups in total. The van der Waals surface area contributed by atoms with Crippen molar-refractivity contribution in [3.05, 3.63) is 46.7 Å². The molecule has 6 heteroatoms. The molecule has 0 aliphatic heterocycles. The Bertz CT molecular complexity index is 644. The number of hydrogen-bond donors (Lipinski definition) is 3. The second-order valence-electron chi connectivity index (χ2n) is 4.11. The summed E-state index contributed by atoms with van der Waals surface area (Å²) < 4.78 is 0. The first kappa shape index (κ1) is 13.2. The van der Waals surface area contributed by atoms with Gasteiger partial charge in [0.15, 0.2) is 0 Å². The van der Waals surface area contributed by atoms with Gasteiger partial charge in [0.1, 0.15) is 0 Å². The van der Waals surface area contributed by atoms with Gasteiger partial charge in [0.25, 0.3) is 0 Å². The monoisotopic (exact) mass is 277 g/mol. The first-order valence-corrected chi connectivity index (χ1v) is 5.86. The predicted molar refractivity (Wildman–Crippen MR) is 75.1 cm³/mol. The maximum Gasteiger partial charge on any atom is 0.337 e. The zero-order valence-corrected chi connectivity index (χ0v) is 10.9. The summed E-state index contributed by atoms with van der Waals surface area (Å²) in [4.78, 5) is 15.2. The number of halogens is 1. The molecule has 0 atom stereocenters. The van der Waals surface area contributed by atoms with E-state index < -0.39 is 5.97 Å². The van der Waals surface area contributed by atoms with Crippen molar-refractivity contribution in [1.82, 2.24) is 4.98 Å². The fourth-order valence-electron chi connectivity index (χ4n) is 1.69. The van der Waals surface area contributed by atoms with E-state index in [0.717, 1.165) is 5.56 Å². The summed E-state index contributed by atoms with van der Waals surface area (Å²) in [5.41, 5.74) is 7.83. The van der Waals surface area contributed by atoms with Crippen LogP contribution in [0.1, 0.15) is 15.9 Å². The van der Waals surface area contributed by atoms with Crippen LogP contribution in [-0.4, -0.2) is 16.1 Å². The third-order valence-electron chi connectivity index (χ3n) is 2.49. The van der Waals surface area contributed by atoms with Crippen LogP contribution in [0.5, 0.6) is 0 Å².